The van der Waals surface area contributed by atoms with Crippen LogP contribution in [0.2, 0.25) is 0 Å². The first kappa shape index (κ1) is 15.3. The molecule has 1 saturated carbocycles. The van der Waals surface area contributed by atoms with Gasteiger partial charge in [0.2, 0.25) is 0 Å². The lowest BCUT2D eigenvalue weighted by Crippen LogP contribution is -2.28. The molecular formula is C22H27. The van der Waals surface area contributed by atoms with Crippen molar-refractivity contribution in [3.05, 3.63) is 78.2 Å². The number of hydrogen-bond donors (Lipinski definition) is 0. The first-order valence-corrected chi connectivity index (χ1v) is 8.76. The highest BCUT2D eigenvalue weighted by atomic mass is 14.3. The van der Waals surface area contributed by atoms with Gasteiger partial charge < -0.3 is 0 Å². The van der Waals surface area contributed by atoms with E-state index in [2.05, 4.69) is 67.1 Å². The highest BCUT2D eigenvalue weighted by Gasteiger charge is 2.30. The zero-order chi connectivity index (χ0) is 15.1. The second-order valence-corrected chi connectivity index (χ2v) is 6.90. The van der Waals surface area contributed by atoms with Crippen LogP contribution in [0.4, 0.5) is 0 Å². The first-order valence-electron chi connectivity index (χ1n) is 8.76. The molecule has 0 atom stereocenters. The lowest BCUT2D eigenvalue weighted by molar-refractivity contribution is 0.214. The molecule has 0 unspecified atom stereocenters. The molecule has 0 heteroatoms. The highest BCUT2D eigenvalue weighted by molar-refractivity contribution is 5.21. The molecule has 0 amide bonds. The summed E-state index contributed by atoms with van der Waals surface area (Å²) < 4.78 is 0. The van der Waals surface area contributed by atoms with E-state index in [1.807, 2.05) is 0 Å². The standard InChI is InChI=1S/C22H27/c1-2-10-16-22(17-11-3-1,18-20-12-6-4-7-13-20)19-21-14-8-5-9-15-21/h1,4-9,12-15H,2-3,10-11,16-19H2. The molecule has 1 aliphatic carbocycles. The molecule has 0 saturated heterocycles. The Morgan fingerprint density at radius 2 is 1.09 bits per heavy atom. The van der Waals surface area contributed by atoms with Gasteiger partial charge in [-0.1, -0.05) is 86.3 Å². The largest absolute Gasteiger partial charge is 0.0622 e. The van der Waals surface area contributed by atoms with Crippen molar-refractivity contribution in [2.75, 3.05) is 0 Å². The van der Waals surface area contributed by atoms with Gasteiger partial charge in [-0.3, -0.25) is 0 Å². The third kappa shape index (κ3) is 4.22. The van der Waals surface area contributed by atoms with E-state index in [-0.39, 0.29) is 0 Å². The van der Waals surface area contributed by atoms with Crippen LogP contribution in [0.15, 0.2) is 60.7 Å². The highest BCUT2D eigenvalue weighted by Crippen LogP contribution is 2.40. The minimum absolute atomic E-state index is 0.441. The van der Waals surface area contributed by atoms with E-state index in [1.54, 1.807) is 0 Å². The maximum absolute atomic E-state index is 2.49. The van der Waals surface area contributed by atoms with E-state index in [0.29, 0.717) is 5.41 Å². The van der Waals surface area contributed by atoms with Gasteiger partial charge in [0.25, 0.3) is 0 Å². The molecule has 2 aromatic carbocycles. The van der Waals surface area contributed by atoms with Gasteiger partial charge in [0, 0.05) is 0 Å². The van der Waals surface area contributed by atoms with Crippen molar-refractivity contribution in [2.24, 2.45) is 5.41 Å². The summed E-state index contributed by atoms with van der Waals surface area (Å²) in [6.45, 7) is 0. The Labute approximate surface area is 135 Å². The predicted molar refractivity (Wildman–Crippen MR) is 94.7 cm³/mol. The Kier molecular flexibility index (Phi) is 5.32. The van der Waals surface area contributed by atoms with Crippen molar-refractivity contribution >= 4 is 0 Å². The van der Waals surface area contributed by atoms with Crippen molar-refractivity contribution in [2.45, 2.75) is 51.4 Å². The fourth-order valence-electron chi connectivity index (χ4n) is 3.99. The molecule has 0 heterocycles. The minimum Gasteiger partial charge on any atom is -0.0622 e. The number of benzene rings is 2. The normalized spacial score (nSPS) is 18.4. The van der Waals surface area contributed by atoms with E-state index < -0.39 is 0 Å². The Bertz CT molecular complexity index is 489. The third-order valence-corrected chi connectivity index (χ3v) is 5.07. The van der Waals surface area contributed by atoms with E-state index in [9.17, 15) is 0 Å². The van der Waals surface area contributed by atoms with Gasteiger partial charge in [0.15, 0.2) is 0 Å². The maximum atomic E-state index is 2.49. The average molecular weight is 291 g/mol. The smallest absolute Gasteiger partial charge is 0.0217 e. The molecule has 1 aliphatic rings. The average Bonchev–Trinajstić information content (AvgIpc) is 2.53. The van der Waals surface area contributed by atoms with E-state index in [1.165, 1.54) is 62.5 Å². The first-order chi connectivity index (χ1) is 10.9. The van der Waals surface area contributed by atoms with Crippen LogP contribution >= 0.6 is 0 Å². The van der Waals surface area contributed by atoms with Crippen LogP contribution in [0.5, 0.6) is 0 Å². The fourth-order valence-corrected chi connectivity index (χ4v) is 3.99. The second-order valence-electron chi connectivity index (χ2n) is 6.90. The summed E-state index contributed by atoms with van der Waals surface area (Å²) in [5.41, 5.74) is 3.45. The van der Waals surface area contributed by atoms with Crippen LogP contribution in [0.1, 0.15) is 49.7 Å². The zero-order valence-electron chi connectivity index (χ0n) is 13.5. The fraction of sp³-hybridized carbons (Fsp3) is 0.409. The third-order valence-electron chi connectivity index (χ3n) is 5.07. The molecular weight excluding hydrogens is 264 g/mol. The lowest BCUT2D eigenvalue weighted by Gasteiger charge is -2.36. The van der Waals surface area contributed by atoms with Crippen LogP contribution < -0.4 is 0 Å². The van der Waals surface area contributed by atoms with Gasteiger partial charge >= 0.3 is 0 Å². The van der Waals surface area contributed by atoms with Crippen LogP contribution in [0.3, 0.4) is 0 Å². The molecule has 3 rings (SSSR count). The Hall–Kier alpha value is -1.56. The molecule has 2 aromatic rings. The number of rotatable bonds is 4. The Balaban J connectivity index is 1.83. The van der Waals surface area contributed by atoms with Crippen LogP contribution in [-0.4, -0.2) is 0 Å². The monoisotopic (exact) mass is 291 g/mol. The minimum atomic E-state index is 0.441. The summed E-state index contributed by atoms with van der Waals surface area (Å²) in [7, 11) is 0. The van der Waals surface area contributed by atoms with Crippen molar-refractivity contribution in [3.63, 3.8) is 0 Å². The summed E-state index contributed by atoms with van der Waals surface area (Å²) in [6.07, 6.45) is 12.9. The molecule has 0 bridgehead atoms. The molecule has 1 fully saturated rings. The van der Waals surface area contributed by atoms with Crippen molar-refractivity contribution < 1.29 is 0 Å². The molecule has 22 heavy (non-hydrogen) atoms. The predicted octanol–water partition coefficient (Wildman–Crippen LogP) is 6.02. The van der Waals surface area contributed by atoms with Crippen LogP contribution in [-0.2, 0) is 12.8 Å². The number of hydrogen-bond acceptors (Lipinski definition) is 0. The quantitative estimate of drug-likeness (QED) is 0.646. The molecule has 1 radical (unpaired) electrons. The molecule has 0 N–H and O–H groups in total. The summed E-state index contributed by atoms with van der Waals surface area (Å²) >= 11 is 0. The Morgan fingerprint density at radius 3 is 1.55 bits per heavy atom. The van der Waals surface area contributed by atoms with E-state index in [4.69, 9.17) is 0 Å². The van der Waals surface area contributed by atoms with Crippen molar-refractivity contribution in [1.82, 2.24) is 0 Å². The summed E-state index contributed by atoms with van der Waals surface area (Å²) in [5, 5.41) is 0. The SMILES string of the molecule is [CH]1CCCC(Cc2ccccc2)(Cc2ccccc2)CCC1. The van der Waals surface area contributed by atoms with Crippen molar-refractivity contribution in [3.8, 4) is 0 Å². The topological polar surface area (TPSA) is 0 Å². The van der Waals surface area contributed by atoms with Gasteiger partial charge in [0.05, 0.1) is 0 Å². The van der Waals surface area contributed by atoms with E-state index >= 15 is 0 Å². The van der Waals surface area contributed by atoms with Crippen LogP contribution in [0.25, 0.3) is 0 Å². The van der Waals surface area contributed by atoms with Crippen LogP contribution in [0, 0.1) is 11.8 Å². The molecule has 0 spiro atoms. The molecule has 115 valence electrons. The summed E-state index contributed by atoms with van der Waals surface area (Å²) in [5.74, 6) is 0. The zero-order valence-corrected chi connectivity index (χ0v) is 13.5. The molecule has 0 aliphatic heterocycles. The van der Waals surface area contributed by atoms with Gasteiger partial charge in [-0.15, -0.1) is 0 Å². The van der Waals surface area contributed by atoms with E-state index in [0.717, 1.165) is 0 Å². The molecule has 0 nitrogen and oxygen atoms in total. The maximum Gasteiger partial charge on any atom is -0.0217 e. The Morgan fingerprint density at radius 1 is 0.636 bits per heavy atom. The summed E-state index contributed by atoms with van der Waals surface area (Å²) in [4.78, 5) is 0. The lowest BCUT2D eigenvalue weighted by atomic mass is 9.69. The van der Waals surface area contributed by atoms with Gasteiger partial charge in [0.1, 0.15) is 0 Å². The summed E-state index contributed by atoms with van der Waals surface area (Å²) in [6, 6.07) is 22.2. The van der Waals surface area contributed by atoms with Gasteiger partial charge in [-0.25, -0.2) is 0 Å². The van der Waals surface area contributed by atoms with Crippen molar-refractivity contribution in [1.29, 1.82) is 0 Å². The molecule has 0 aromatic heterocycles. The second kappa shape index (κ2) is 7.63. The van der Waals surface area contributed by atoms with Gasteiger partial charge in [-0.05, 0) is 48.6 Å². The van der Waals surface area contributed by atoms with Gasteiger partial charge in [-0.2, -0.15) is 0 Å².